The highest BCUT2D eigenvalue weighted by Gasteiger charge is 2.41. The standard InChI is InChI=1S/C11H17N5O2S/c12-15-11-13-5-9(6-14-11)19(17,18)16-10-4-7-1-2-8(10)3-7/h5-8,10,16H,1-4,12H2,(H,13,14,15). The molecule has 0 spiro atoms. The summed E-state index contributed by atoms with van der Waals surface area (Å²) < 4.78 is 27.2. The third kappa shape index (κ3) is 2.43. The largest absolute Gasteiger partial charge is 0.292 e. The van der Waals surface area contributed by atoms with Gasteiger partial charge in [-0.15, -0.1) is 0 Å². The Bertz CT molecular complexity index is 559. The number of rotatable bonds is 4. The molecule has 1 aromatic rings. The molecule has 0 aliphatic heterocycles. The van der Waals surface area contributed by atoms with E-state index in [1.165, 1.54) is 18.8 Å². The second-order valence-corrected chi connectivity index (χ2v) is 7.00. The van der Waals surface area contributed by atoms with Crippen molar-refractivity contribution in [2.75, 3.05) is 5.43 Å². The summed E-state index contributed by atoms with van der Waals surface area (Å²) >= 11 is 0. The first-order chi connectivity index (χ1) is 9.08. The Kier molecular flexibility index (Phi) is 3.15. The van der Waals surface area contributed by atoms with Gasteiger partial charge in [0.1, 0.15) is 4.90 Å². The maximum atomic E-state index is 12.2. The Morgan fingerprint density at radius 2 is 1.95 bits per heavy atom. The van der Waals surface area contributed by atoms with Crippen LogP contribution in [0.15, 0.2) is 17.3 Å². The lowest BCUT2D eigenvalue weighted by Gasteiger charge is -2.22. The highest BCUT2D eigenvalue weighted by atomic mass is 32.2. The van der Waals surface area contributed by atoms with Crippen molar-refractivity contribution in [2.45, 2.75) is 36.6 Å². The lowest BCUT2D eigenvalue weighted by atomic mass is 9.96. The van der Waals surface area contributed by atoms with Crippen LogP contribution in [0.4, 0.5) is 5.95 Å². The van der Waals surface area contributed by atoms with E-state index in [1.807, 2.05) is 0 Å². The quantitative estimate of drug-likeness (QED) is 0.539. The zero-order valence-corrected chi connectivity index (χ0v) is 11.2. The molecule has 0 amide bonds. The minimum atomic E-state index is -3.53. The second kappa shape index (κ2) is 4.69. The molecule has 8 heteroatoms. The minimum absolute atomic E-state index is 0.0658. The van der Waals surface area contributed by atoms with Crippen LogP contribution >= 0.6 is 0 Å². The van der Waals surface area contributed by atoms with Crippen LogP contribution in [0.25, 0.3) is 0 Å². The SMILES string of the molecule is NNc1ncc(S(=O)(=O)NC2CC3CCC2C3)cn1. The van der Waals surface area contributed by atoms with Crippen molar-refractivity contribution < 1.29 is 8.42 Å². The number of sulfonamides is 1. The van der Waals surface area contributed by atoms with Crippen molar-refractivity contribution >= 4 is 16.0 Å². The van der Waals surface area contributed by atoms with Crippen molar-refractivity contribution in [1.82, 2.24) is 14.7 Å². The molecule has 1 aromatic heterocycles. The molecule has 19 heavy (non-hydrogen) atoms. The molecule has 7 nitrogen and oxygen atoms in total. The van der Waals surface area contributed by atoms with Crippen LogP contribution in [0.1, 0.15) is 25.7 Å². The number of nitrogens with one attached hydrogen (secondary N) is 2. The first-order valence-corrected chi connectivity index (χ1v) is 7.88. The molecule has 0 aromatic carbocycles. The van der Waals surface area contributed by atoms with E-state index in [0.717, 1.165) is 19.3 Å². The normalized spacial score (nSPS) is 29.6. The number of aromatic nitrogens is 2. The molecule has 3 rings (SSSR count). The average Bonchev–Trinajstić information content (AvgIpc) is 3.00. The summed E-state index contributed by atoms with van der Waals surface area (Å²) in [6.07, 6.45) is 7.00. The summed E-state index contributed by atoms with van der Waals surface area (Å²) in [5.74, 6) is 6.52. The molecule has 4 N–H and O–H groups in total. The number of fused-ring (bicyclic) bond motifs is 2. The topological polar surface area (TPSA) is 110 Å². The molecular weight excluding hydrogens is 266 g/mol. The van der Waals surface area contributed by atoms with Gasteiger partial charge in [0.2, 0.25) is 16.0 Å². The fraction of sp³-hybridized carbons (Fsp3) is 0.636. The number of nitrogens with two attached hydrogens (primary N) is 1. The summed E-state index contributed by atoms with van der Waals surface area (Å²) in [7, 11) is -3.53. The summed E-state index contributed by atoms with van der Waals surface area (Å²) in [5, 5.41) is 0. The van der Waals surface area contributed by atoms with E-state index in [-0.39, 0.29) is 16.9 Å². The van der Waals surface area contributed by atoms with Gasteiger partial charge in [-0.2, -0.15) is 0 Å². The predicted octanol–water partition coefficient (Wildman–Crippen LogP) is 0.229. The fourth-order valence-electron chi connectivity index (χ4n) is 3.19. The minimum Gasteiger partial charge on any atom is -0.292 e. The zero-order chi connectivity index (χ0) is 13.5. The van der Waals surface area contributed by atoms with Gasteiger partial charge in [0.05, 0.1) is 12.4 Å². The molecule has 104 valence electrons. The average molecular weight is 283 g/mol. The van der Waals surface area contributed by atoms with Gasteiger partial charge < -0.3 is 0 Å². The number of nitrogens with zero attached hydrogens (tertiary/aromatic N) is 2. The van der Waals surface area contributed by atoms with Crippen molar-refractivity contribution in [3.63, 3.8) is 0 Å². The van der Waals surface area contributed by atoms with Gasteiger partial charge in [0, 0.05) is 6.04 Å². The van der Waals surface area contributed by atoms with Gasteiger partial charge in [-0.05, 0) is 31.1 Å². The molecule has 2 fully saturated rings. The first-order valence-electron chi connectivity index (χ1n) is 6.39. The van der Waals surface area contributed by atoms with Crippen LogP contribution in [0, 0.1) is 11.8 Å². The van der Waals surface area contributed by atoms with E-state index in [4.69, 9.17) is 5.84 Å². The lowest BCUT2D eigenvalue weighted by Crippen LogP contribution is -2.38. The van der Waals surface area contributed by atoms with Gasteiger partial charge in [-0.25, -0.2) is 29.0 Å². The van der Waals surface area contributed by atoms with E-state index >= 15 is 0 Å². The number of anilines is 1. The summed E-state index contributed by atoms with van der Waals surface area (Å²) in [6.45, 7) is 0. The first kappa shape index (κ1) is 12.8. The van der Waals surface area contributed by atoms with Crippen LogP contribution in [0.3, 0.4) is 0 Å². The molecule has 2 aliphatic carbocycles. The molecule has 0 saturated heterocycles. The van der Waals surface area contributed by atoms with Crippen LogP contribution in [0.2, 0.25) is 0 Å². The van der Waals surface area contributed by atoms with Crippen LogP contribution in [-0.2, 0) is 10.0 Å². The van der Waals surface area contributed by atoms with Crippen molar-refractivity contribution in [3.8, 4) is 0 Å². The third-order valence-corrected chi connectivity index (χ3v) is 5.56. The molecule has 0 radical (unpaired) electrons. The van der Waals surface area contributed by atoms with Gasteiger partial charge in [-0.3, -0.25) is 5.43 Å². The molecule has 2 aliphatic rings. The number of hydrogen-bond acceptors (Lipinski definition) is 6. The summed E-state index contributed by atoms with van der Waals surface area (Å²) in [4.78, 5) is 7.72. The summed E-state index contributed by atoms with van der Waals surface area (Å²) in [5.41, 5.74) is 2.26. The Balaban J connectivity index is 1.75. The zero-order valence-electron chi connectivity index (χ0n) is 10.4. The van der Waals surface area contributed by atoms with E-state index in [1.54, 1.807) is 0 Å². The van der Waals surface area contributed by atoms with E-state index in [2.05, 4.69) is 20.1 Å². The maximum absolute atomic E-state index is 12.2. The van der Waals surface area contributed by atoms with Gasteiger partial charge in [0.25, 0.3) is 0 Å². The Morgan fingerprint density at radius 1 is 1.21 bits per heavy atom. The maximum Gasteiger partial charge on any atom is 0.243 e. The van der Waals surface area contributed by atoms with Gasteiger partial charge in [-0.1, -0.05) is 6.42 Å². The number of nitrogen functional groups attached to an aromatic ring is 1. The molecular formula is C11H17N5O2S. The summed E-state index contributed by atoms with van der Waals surface area (Å²) in [6, 6.07) is 0.0658. The fourth-order valence-corrected chi connectivity index (χ4v) is 4.39. The number of hydrazine groups is 1. The van der Waals surface area contributed by atoms with Crippen molar-refractivity contribution in [3.05, 3.63) is 12.4 Å². The third-order valence-electron chi connectivity index (χ3n) is 4.11. The second-order valence-electron chi connectivity index (χ2n) is 5.29. The molecule has 1 heterocycles. The molecule has 3 atom stereocenters. The van der Waals surface area contributed by atoms with Crippen molar-refractivity contribution in [1.29, 1.82) is 0 Å². The van der Waals surface area contributed by atoms with E-state index < -0.39 is 10.0 Å². The lowest BCUT2D eigenvalue weighted by molar-refractivity contribution is 0.390. The van der Waals surface area contributed by atoms with Crippen LogP contribution in [0.5, 0.6) is 0 Å². The molecule has 3 unspecified atom stereocenters. The van der Waals surface area contributed by atoms with Crippen LogP contribution in [-0.4, -0.2) is 24.4 Å². The van der Waals surface area contributed by atoms with E-state index in [0.29, 0.717) is 11.8 Å². The van der Waals surface area contributed by atoms with Gasteiger partial charge in [0.15, 0.2) is 0 Å². The van der Waals surface area contributed by atoms with E-state index in [9.17, 15) is 8.42 Å². The Hall–Kier alpha value is -1.25. The van der Waals surface area contributed by atoms with Crippen LogP contribution < -0.4 is 16.0 Å². The monoisotopic (exact) mass is 283 g/mol. The highest BCUT2D eigenvalue weighted by molar-refractivity contribution is 7.89. The predicted molar refractivity (Wildman–Crippen MR) is 69.4 cm³/mol. The molecule has 2 saturated carbocycles. The Labute approximate surface area is 112 Å². The van der Waals surface area contributed by atoms with Gasteiger partial charge >= 0.3 is 0 Å². The highest BCUT2D eigenvalue weighted by Crippen LogP contribution is 2.44. The smallest absolute Gasteiger partial charge is 0.243 e. The molecule has 2 bridgehead atoms. The Morgan fingerprint density at radius 3 is 2.47 bits per heavy atom. The number of hydrogen-bond donors (Lipinski definition) is 3. The van der Waals surface area contributed by atoms with Crippen molar-refractivity contribution in [2.24, 2.45) is 17.7 Å².